The van der Waals surface area contributed by atoms with Gasteiger partial charge < -0.3 is 5.32 Å². The fourth-order valence-corrected chi connectivity index (χ4v) is 1.84. The van der Waals surface area contributed by atoms with Crippen molar-refractivity contribution in [2.45, 2.75) is 0 Å². The van der Waals surface area contributed by atoms with E-state index >= 15 is 0 Å². The molecule has 0 radical (unpaired) electrons. The standard InChI is InChI=1S/C8H2Cl3NO2/c9-3-1-2-6(5(11)4(3)10)12-8(14)7(2)13/h1H,(H,12,13,14). The first kappa shape index (κ1) is 9.77. The van der Waals surface area contributed by atoms with E-state index in [1.165, 1.54) is 6.07 Å². The van der Waals surface area contributed by atoms with Crippen molar-refractivity contribution in [2.75, 3.05) is 5.32 Å². The van der Waals surface area contributed by atoms with Gasteiger partial charge in [0, 0.05) is 0 Å². The molecule has 0 aromatic heterocycles. The van der Waals surface area contributed by atoms with Gasteiger partial charge in [-0.05, 0) is 6.07 Å². The molecule has 6 heteroatoms. The van der Waals surface area contributed by atoms with Gasteiger partial charge in [0.25, 0.3) is 11.7 Å². The Hall–Kier alpha value is -0.770. The molecule has 0 fully saturated rings. The van der Waals surface area contributed by atoms with Crippen LogP contribution in [0.4, 0.5) is 5.69 Å². The smallest absolute Gasteiger partial charge is 0.296 e. The molecule has 1 heterocycles. The summed E-state index contributed by atoms with van der Waals surface area (Å²) in [6.07, 6.45) is 0. The Morgan fingerprint density at radius 1 is 1.07 bits per heavy atom. The molecule has 1 aliphatic heterocycles. The SMILES string of the molecule is O=C1Nc2c(cc(Cl)c(Cl)c2Cl)C1=O. The highest BCUT2D eigenvalue weighted by atomic mass is 35.5. The molecule has 3 nitrogen and oxygen atoms in total. The number of rotatable bonds is 0. The molecule has 1 aliphatic rings. The molecule has 0 unspecified atom stereocenters. The van der Waals surface area contributed by atoms with Crippen LogP contribution in [0.2, 0.25) is 15.1 Å². The molecule has 0 saturated carbocycles. The van der Waals surface area contributed by atoms with Gasteiger partial charge in [-0.1, -0.05) is 34.8 Å². The lowest BCUT2D eigenvalue weighted by Crippen LogP contribution is -2.12. The van der Waals surface area contributed by atoms with Crippen LogP contribution in [0.5, 0.6) is 0 Å². The summed E-state index contributed by atoms with van der Waals surface area (Å²) in [5.41, 5.74) is 0.394. The maximum atomic E-state index is 11.2. The number of amides is 1. The van der Waals surface area contributed by atoms with E-state index in [0.29, 0.717) is 0 Å². The van der Waals surface area contributed by atoms with Crippen LogP contribution in [-0.2, 0) is 4.79 Å². The summed E-state index contributed by atoms with van der Waals surface area (Å²) in [6.45, 7) is 0. The van der Waals surface area contributed by atoms with Crippen molar-refractivity contribution in [2.24, 2.45) is 0 Å². The van der Waals surface area contributed by atoms with Crippen molar-refractivity contribution in [3.8, 4) is 0 Å². The number of halogens is 3. The minimum atomic E-state index is -0.722. The lowest BCUT2D eigenvalue weighted by molar-refractivity contribution is -0.112. The Bertz CT molecular complexity index is 470. The van der Waals surface area contributed by atoms with Gasteiger partial charge in [-0.3, -0.25) is 9.59 Å². The van der Waals surface area contributed by atoms with Crippen LogP contribution in [0.3, 0.4) is 0 Å². The summed E-state index contributed by atoms with van der Waals surface area (Å²) in [5, 5.41) is 2.69. The van der Waals surface area contributed by atoms with Crippen LogP contribution in [0.15, 0.2) is 6.07 Å². The van der Waals surface area contributed by atoms with E-state index in [2.05, 4.69) is 5.32 Å². The highest BCUT2D eigenvalue weighted by Crippen LogP contribution is 2.40. The first-order valence-electron chi connectivity index (χ1n) is 3.55. The first-order valence-corrected chi connectivity index (χ1v) is 4.69. The van der Waals surface area contributed by atoms with Crippen LogP contribution in [0.25, 0.3) is 0 Å². The number of hydrogen-bond donors (Lipinski definition) is 1. The van der Waals surface area contributed by atoms with Crippen molar-refractivity contribution >= 4 is 52.2 Å². The second kappa shape index (κ2) is 3.12. The molecule has 1 aromatic carbocycles. The Morgan fingerprint density at radius 3 is 2.36 bits per heavy atom. The molecule has 0 spiro atoms. The van der Waals surface area contributed by atoms with Crippen molar-refractivity contribution in [1.82, 2.24) is 0 Å². The molecule has 14 heavy (non-hydrogen) atoms. The third-order valence-corrected chi connectivity index (χ3v) is 3.11. The number of anilines is 1. The van der Waals surface area contributed by atoms with Crippen LogP contribution < -0.4 is 5.32 Å². The topological polar surface area (TPSA) is 46.2 Å². The summed E-state index contributed by atoms with van der Waals surface area (Å²) in [7, 11) is 0. The maximum absolute atomic E-state index is 11.2. The molecule has 1 aromatic rings. The lowest BCUT2D eigenvalue weighted by Gasteiger charge is -2.04. The number of carbonyl (C=O) groups excluding carboxylic acids is 2. The van der Waals surface area contributed by atoms with Gasteiger partial charge in [0.15, 0.2) is 0 Å². The van der Waals surface area contributed by atoms with Crippen molar-refractivity contribution < 1.29 is 9.59 Å². The van der Waals surface area contributed by atoms with E-state index in [1.807, 2.05) is 0 Å². The number of ketones is 1. The summed E-state index contributed by atoms with van der Waals surface area (Å²) in [4.78, 5) is 22.2. The Kier molecular flexibility index (Phi) is 2.18. The number of hydrogen-bond acceptors (Lipinski definition) is 2. The molecule has 1 amide bonds. The Morgan fingerprint density at radius 2 is 1.71 bits per heavy atom. The monoisotopic (exact) mass is 249 g/mol. The van der Waals surface area contributed by atoms with Crippen LogP contribution >= 0.6 is 34.8 Å². The second-order valence-electron chi connectivity index (χ2n) is 2.69. The lowest BCUT2D eigenvalue weighted by atomic mass is 10.1. The zero-order valence-corrected chi connectivity index (χ0v) is 8.80. The highest BCUT2D eigenvalue weighted by Gasteiger charge is 2.31. The second-order valence-corrected chi connectivity index (χ2v) is 3.86. The number of fused-ring (bicyclic) bond motifs is 1. The normalized spacial score (nSPS) is 14.2. The molecular weight excluding hydrogens is 248 g/mol. The molecular formula is C8H2Cl3NO2. The minimum absolute atomic E-state index is 0.0911. The van der Waals surface area contributed by atoms with E-state index in [-0.39, 0.29) is 26.3 Å². The third kappa shape index (κ3) is 1.21. The zero-order chi connectivity index (χ0) is 10.5. The van der Waals surface area contributed by atoms with Crippen LogP contribution in [-0.4, -0.2) is 11.7 Å². The van der Waals surface area contributed by atoms with Gasteiger partial charge in [0.2, 0.25) is 0 Å². The molecule has 72 valence electrons. The van der Waals surface area contributed by atoms with E-state index in [1.54, 1.807) is 0 Å². The highest BCUT2D eigenvalue weighted by molar-refractivity contribution is 6.56. The van der Waals surface area contributed by atoms with Gasteiger partial charge in [-0.15, -0.1) is 0 Å². The predicted octanol–water partition coefficient (Wildman–Crippen LogP) is 2.78. The van der Waals surface area contributed by atoms with Gasteiger partial charge in [-0.25, -0.2) is 0 Å². The summed E-state index contributed by atoms with van der Waals surface area (Å²) in [5.74, 6) is -1.37. The summed E-state index contributed by atoms with van der Waals surface area (Å²) >= 11 is 17.2. The van der Waals surface area contributed by atoms with E-state index in [9.17, 15) is 9.59 Å². The number of Topliss-reactive ketones (excluding diaryl/α,β-unsaturated/α-hetero) is 1. The van der Waals surface area contributed by atoms with Crippen molar-refractivity contribution in [3.63, 3.8) is 0 Å². The van der Waals surface area contributed by atoms with Crippen LogP contribution in [0, 0.1) is 0 Å². The maximum Gasteiger partial charge on any atom is 0.296 e. The van der Waals surface area contributed by atoms with Gasteiger partial charge in [0.05, 0.1) is 26.3 Å². The van der Waals surface area contributed by atoms with Gasteiger partial charge in [-0.2, -0.15) is 0 Å². The van der Waals surface area contributed by atoms with E-state index in [0.717, 1.165) is 0 Å². The Balaban J connectivity index is 2.76. The quantitative estimate of drug-likeness (QED) is 0.568. The molecule has 0 saturated heterocycles. The van der Waals surface area contributed by atoms with E-state index < -0.39 is 11.7 Å². The first-order chi connectivity index (χ1) is 6.52. The number of carbonyl (C=O) groups is 2. The average molecular weight is 250 g/mol. The van der Waals surface area contributed by atoms with Crippen LogP contribution in [0.1, 0.15) is 10.4 Å². The van der Waals surface area contributed by atoms with Crippen molar-refractivity contribution in [3.05, 3.63) is 26.7 Å². The fraction of sp³-hybridized carbons (Fsp3) is 0. The van der Waals surface area contributed by atoms with E-state index in [4.69, 9.17) is 34.8 Å². The number of benzene rings is 1. The van der Waals surface area contributed by atoms with Crippen molar-refractivity contribution in [1.29, 1.82) is 0 Å². The van der Waals surface area contributed by atoms with Gasteiger partial charge in [0.1, 0.15) is 0 Å². The Labute approximate surface area is 93.9 Å². The fourth-order valence-electron chi connectivity index (χ4n) is 1.19. The molecule has 0 aliphatic carbocycles. The molecule has 0 bridgehead atoms. The molecule has 2 rings (SSSR count). The number of nitrogens with one attached hydrogen (secondary N) is 1. The summed E-state index contributed by atoms with van der Waals surface area (Å²) in [6, 6.07) is 1.32. The molecule has 1 N–H and O–H groups in total. The minimum Gasteiger partial charge on any atom is -0.317 e. The largest absolute Gasteiger partial charge is 0.317 e. The predicted molar refractivity (Wildman–Crippen MR) is 54.4 cm³/mol. The summed E-state index contributed by atoms with van der Waals surface area (Å²) < 4.78 is 0. The average Bonchev–Trinajstić information content (AvgIpc) is 2.42. The third-order valence-electron chi connectivity index (χ3n) is 1.85. The van der Waals surface area contributed by atoms with Gasteiger partial charge >= 0.3 is 0 Å². The molecule has 0 atom stereocenters. The zero-order valence-electron chi connectivity index (χ0n) is 6.53.